The Morgan fingerprint density at radius 1 is 1.56 bits per heavy atom. The summed E-state index contributed by atoms with van der Waals surface area (Å²) in [4.78, 5) is 24.1. The normalized spacial score (nSPS) is 19.5. The molecule has 1 aromatic carbocycles. The lowest BCUT2D eigenvalue weighted by Crippen LogP contribution is -2.47. The number of nitrogens with zero attached hydrogens (tertiary/aromatic N) is 1. The van der Waals surface area contributed by atoms with Crippen LogP contribution in [0.5, 0.6) is 0 Å². The molecule has 84 valence electrons. The zero-order chi connectivity index (χ0) is 11.9. The van der Waals surface area contributed by atoms with Gasteiger partial charge in [-0.15, -0.1) is 0 Å². The number of rotatable bonds is 1. The molecule has 1 amide bonds. The largest absolute Gasteiger partial charge is 0.480 e. The third-order valence-electron chi connectivity index (χ3n) is 2.78. The highest BCUT2D eigenvalue weighted by atomic mass is 35.5. The van der Waals surface area contributed by atoms with Crippen LogP contribution >= 0.6 is 11.6 Å². The van der Waals surface area contributed by atoms with Crippen LogP contribution in [0.2, 0.25) is 5.02 Å². The number of carbonyl (C=O) groups excluding carboxylic acids is 1. The minimum Gasteiger partial charge on any atom is -0.480 e. The van der Waals surface area contributed by atoms with Gasteiger partial charge in [0.15, 0.2) is 0 Å². The Labute approximate surface area is 97.4 Å². The smallest absolute Gasteiger partial charge is 0.326 e. The van der Waals surface area contributed by atoms with E-state index in [1.54, 1.807) is 18.2 Å². The van der Waals surface area contributed by atoms with Crippen molar-refractivity contribution in [2.24, 2.45) is 0 Å². The number of carboxylic acid groups (broad SMARTS) is 1. The second-order valence-electron chi connectivity index (χ2n) is 3.78. The van der Waals surface area contributed by atoms with Crippen LogP contribution < -0.4 is 0 Å². The summed E-state index contributed by atoms with van der Waals surface area (Å²) in [5.41, 5.74) is 1.23. The second kappa shape index (κ2) is 3.79. The molecule has 0 saturated carbocycles. The van der Waals surface area contributed by atoms with Crippen LogP contribution in [-0.4, -0.2) is 35.0 Å². The molecule has 16 heavy (non-hydrogen) atoms. The zero-order valence-corrected chi connectivity index (χ0v) is 9.36. The predicted octanol–water partition coefficient (Wildman–Crippen LogP) is 1.42. The lowest BCUT2D eigenvalue weighted by molar-refractivity contribution is -0.142. The molecule has 1 heterocycles. The summed E-state index contributed by atoms with van der Waals surface area (Å²) in [6.45, 7) is 0. The van der Waals surface area contributed by atoms with Crippen LogP contribution in [0.25, 0.3) is 0 Å². The van der Waals surface area contributed by atoms with Crippen LogP contribution in [0.15, 0.2) is 18.2 Å². The topological polar surface area (TPSA) is 57.6 Å². The number of fused-ring (bicyclic) bond motifs is 1. The number of benzene rings is 1. The maximum Gasteiger partial charge on any atom is 0.326 e. The summed E-state index contributed by atoms with van der Waals surface area (Å²) in [6, 6.07) is 4.11. The van der Waals surface area contributed by atoms with Crippen molar-refractivity contribution in [1.82, 2.24) is 4.90 Å². The van der Waals surface area contributed by atoms with E-state index in [4.69, 9.17) is 16.7 Å². The monoisotopic (exact) mass is 239 g/mol. The Morgan fingerprint density at radius 3 is 2.88 bits per heavy atom. The van der Waals surface area contributed by atoms with Crippen LogP contribution in [0.1, 0.15) is 15.9 Å². The maximum atomic E-state index is 11.9. The molecule has 1 unspecified atom stereocenters. The van der Waals surface area contributed by atoms with Gasteiger partial charge in [0.1, 0.15) is 6.04 Å². The van der Waals surface area contributed by atoms with E-state index in [1.165, 1.54) is 11.9 Å². The number of aliphatic carboxylic acids is 1. The standard InChI is InChI=1S/C11H10ClNO3/c1-13-9(11(15)16)5-6-4-7(12)2-3-8(6)10(13)14/h2-4,9H,5H2,1H3,(H,15,16). The highest BCUT2D eigenvalue weighted by Gasteiger charge is 2.33. The van der Waals surface area contributed by atoms with Gasteiger partial charge < -0.3 is 10.0 Å². The SMILES string of the molecule is CN1C(=O)c2ccc(Cl)cc2CC1C(=O)O. The summed E-state index contributed by atoms with van der Waals surface area (Å²) in [5.74, 6) is -1.27. The van der Waals surface area contributed by atoms with Gasteiger partial charge in [0.05, 0.1) is 0 Å². The van der Waals surface area contributed by atoms with Crippen molar-refractivity contribution in [3.63, 3.8) is 0 Å². The van der Waals surface area contributed by atoms with Crippen molar-refractivity contribution in [3.05, 3.63) is 34.3 Å². The fraction of sp³-hybridized carbons (Fsp3) is 0.273. The average Bonchev–Trinajstić information content (AvgIpc) is 2.22. The van der Waals surface area contributed by atoms with Gasteiger partial charge in [-0.05, 0) is 23.8 Å². The van der Waals surface area contributed by atoms with Gasteiger partial charge in [0, 0.05) is 24.1 Å². The molecule has 1 aliphatic heterocycles. The van der Waals surface area contributed by atoms with Crippen molar-refractivity contribution in [3.8, 4) is 0 Å². The summed E-state index contributed by atoms with van der Waals surface area (Å²) in [7, 11) is 1.50. The Hall–Kier alpha value is -1.55. The first kappa shape index (κ1) is 11.0. The lowest BCUT2D eigenvalue weighted by atomic mass is 9.94. The lowest BCUT2D eigenvalue weighted by Gasteiger charge is -2.30. The van der Waals surface area contributed by atoms with E-state index in [0.29, 0.717) is 22.6 Å². The highest BCUT2D eigenvalue weighted by molar-refractivity contribution is 6.30. The third-order valence-corrected chi connectivity index (χ3v) is 3.02. The molecule has 1 aliphatic rings. The average molecular weight is 240 g/mol. The molecule has 2 rings (SSSR count). The Kier molecular flexibility index (Phi) is 2.59. The maximum absolute atomic E-state index is 11.9. The van der Waals surface area contributed by atoms with Gasteiger partial charge in [-0.2, -0.15) is 0 Å². The molecule has 1 aromatic rings. The fourth-order valence-corrected chi connectivity index (χ4v) is 2.06. The van der Waals surface area contributed by atoms with Crippen molar-refractivity contribution >= 4 is 23.5 Å². The van der Waals surface area contributed by atoms with E-state index in [1.807, 2.05) is 0 Å². The molecule has 1 atom stereocenters. The van der Waals surface area contributed by atoms with E-state index in [2.05, 4.69) is 0 Å². The quantitative estimate of drug-likeness (QED) is 0.806. The second-order valence-corrected chi connectivity index (χ2v) is 4.21. The van der Waals surface area contributed by atoms with Crippen LogP contribution in [-0.2, 0) is 11.2 Å². The van der Waals surface area contributed by atoms with Gasteiger partial charge in [-0.3, -0.25) is 4.79 Å². The Bertz CT molecular complexity index is 472. The van der Waals surface area contributed by atoms with E-state index < -0.39 is 12.0 Å². The minimum absolute atomic E-state index is 0.273. The number of likely N-dealkylation sites (N-methyl/N-ethyl adjacent to an activating group) is 1. The number of hydrogen-bond acceptors (Lipinski definition) is 2. The molecule has 4 nitrogen and oxygen atoms in total. The summed E-state index contributed by atoms with van der Waals surface area (Å²) >= 11 is 5.82. The molecular weight excluding hydrogens is 230 g/mol. The fourth-order valence-electron chi connectivity index (χ4n) is 1.87. The molecule has 0 aromatic heterocycles. The Balaban J connectivity index is 2.48. The van der Waals surface area contributed by atoms with Gasteiger partial charge in [0.25, 0.3) is 5.91 Å². The molecule has 0 saturated heterocycles. The van der Waals surface area contributed by atoms with E-state index in [9.17, 15) is 9.59 Å². The number of halogens is 1. The highest BCUT2D eigenvalue weighted by Crippen LogP contribution is 2.25. The van der Waals surface area contributed by atoms with Gasteiger partial charge in [0.2, 0.25) is 0 Å². The zero-order valence-electron chi connectivity index (χ0n) is 8.61. The van der Waals surface area contributed by atoms with E-state index >= 15 is 0 Å². The molecule has 0 radical (unpaired) electrons. The summed E-state index contributed by atoms with van der Waals surface area (Å²) in [5, 5.41) is 9.51. The molecule has 5 heteroatoms. The third kappa shape index (κ3) is 1.65. The summed E-state index contributed by atoms with van der Waals surface area (Å²) in [6.07, 6.45) is 0.299. The van der Waals surface area contributed by atoms with Gasteiger partial charge >= 0.3 is 5.97 Å². The molecule has 0 fully saturated rings. The number of carbonyl (C=O) groups is 2. The number of hydrogen-bond donors (Lipinski definition) is 1. The minimum atomic E-state index is -0.999. The van der Waals surface area contributed by atoms with E-state index in [-0.39, 0.29) is 5.91 Å². The molecule has 0 spiro atoms. The number of amides is 1. The first-order chi connectivity index (χ1) is 7.50. The van der Waals surface area contributed by atoms with Crippen molar-refractivity contribution in [2.75, 3.05) is 7.05 Å². The first-order valence-corrected chi connectivity index (χ1v) is 5.17. The summed E-state index contributed by atoms with van der Waals surface area (Å²) < 4.78 is 0. The van der Waals surface area contributed by atoms with Crippen molar-refractivity contribution in [1.29, 1.82) is 0 Å². The van der Waals surface area contributed by atoms with Crippen LogP contribution in [0.4, 0.5) is 0 Å². The van der Waals surface area contributed by atoms with Crippen molar-refractivity contribution < 1.29 is 14.7 Å². The molecule has 1 N–H and O–H groups in total. The van der Waals surface area contributed by atoms with Crippen LogP contribution in [0.3, 0.4) is 0 Å². The van der Waals surface area contributed by atoms with E-state index in [0.717, 1.165) is 0 Å². The first-order valence-electron chi connectivity index (χ1n) is 4.79. The van der Waals surface area contributed by atoms with Crippen LogP contribution in [0, 0.1) is 0 Å². The predicted molar refractivity (Wildman–Crippen MR) is 58.7 cm³/mol. The molecule has 0 aliphatic carbocycles. The Morgan fingerprint density at radius 2 is 2.25 bits per heavy atom. The molecule has 0 bridgehead atoms. The van der Waals surface area contributed by atoms with Gasteiger partial charge in [-0.25, -0.2) is 4.79 Å². The number of carboxylic acids is 1. The molecular formula is C11H10ClNO3. The van der Waals surface area contributed by atoms with Crippen molar-refractivity contribution in [2.45, 2.75) is 12.5 Å². The van der Waals surface area contributed by atoms with Gasteiger partial charge in [-0.1, -0.05) is 11.6 Å².